The van der Waals surface area contributed by atoms with Gasteiger partial charge in [-0.2, -0.15) is 0 Å². The van der Waals surface area contributed by atoms with Crippen molar-refractivity contribution in [3.05, 3.63) is 0 Å². The van der Waals surface area contributed by atoms with E-state index in [0.29, 0.717) is 26.1 Å². The van der Waals surface area contributed by atoms with E-state index in [1.807, 2.05) is 0 Å². The molecule has 0 aliphatic carbocycles. The molecule has 0 bridgehead atoms. The smallest absolute Gasteiger partial charge is 0.225 e. The quantitative estimate of drug-likeness (QED) is 0.701. The summed E-state index contributed by atoms with van der Waals surface area (Å²) < 4.78 is 28.4. The molecule has 2 saturated heterocycles. The molecule has 104 valence electrons. The highest BCUT2D eigenvalue weighted by Crippen LogP contribution is 2.14. The molecule has 2 heterocycles. The summed E-state index contributed by atoms with van der Waals surface area (Å²) in [5, 5.41) is 3.18. The van der Waals surface area contributed by atoms with E-state index in [2.05, 4.69) is 5.32 Å². The fraction of sp³-hybridized carbons (Fsp3) is 0.909. The van der Waals surface area contributed by atoms with Gasteiger partial charge in [-0.05, 0) is 6.92 Å². The maximum Gasteiger partial charge on any atom is 0.225 e. The summed E-state index contributed by atoms with van der Waals surface area (Å²) in [6, 6.07) is -0.229. The molecule has 2 rings (SSSR count). The summed E-state index contributed by atoms with van der Waals surface area (Å²) in [7, 11) is -2.97. The molecule has 2 atom stereocenters. The summed E-state index contributed by atoms with van der Waals surface area (Å²) in [5.41, 5.74) is 0. The fourth-order valence-corrected chi connectivity index (χ4v) is 3.99. The second-order valence-corrected chi connectivity index (χ2v) is 7.18. The number of rotatable bonds is 2. The molecule has 1 N–H and O–H groups in total. The van der Waals surface area contributed by atoms with E-state index >= 15 is 0 Å². The molecule has 0 radical (unpaired) electrons. The van der Waals surface area contributed by atoms with E-state index in [1.54, 1.807) is 11.8 Å². The van der Waals surface area contributed by atoms with Crippen LogP contribution in [0.4, 0.5) is 0 Å². The Kier molecular flexibility index (Phi) is 4.24. The zero-order valence-electron chi connectivity index (χ0n) is 10.6. The molecule has 0 spiro atoms. The lowest BCUT2D eigenvalue weighted by molar-refractivity contribution is -0.136. The molecular weight excluding hydrogens is 256 g/mol. The van der Waals surface area contributed by atoms with E-state index in [-0.39, 0.29) is 29.6 Å². The highest BCUT2D eigenvalue weighted by molar-refractivity contribution is 7.91. The molecule has 1 amide bonds. The third-order valence-electron chi connectivity index (χ3n) is 3.40. The maximum atomic E-state index is 12.1. The highest BCUT2D eigenvalue weighted by atomic mass is 32.2. The summed E-state index contributed by atoms with van der Waals surface area (Å²) >= 11 is 0. The van der Waals surface area contributed by atoms with Crippen molar-refractivity contribution in [1.29, 1.82) is 0 Å². The topological polar surface area (TPSA) is 75.7 Å². The summed E-state index contributed by atoms with van der Waals surface area (Å²) in [5.74, 6) is 0.140. The highest BCUT2D eigenvalue weighted by Gasteiger charge is 2.32. The third-order valence-corrected chi connectivity index (χ3v) is 5.19. The number of nitrogens with zero attached hydrogens (tertiary/aromatic N) is 1. The molecule has 18 heavy (non-hydrogen) atoms. The summed E-state index contributed by atoms with van der Waals surface area (Å²) in [4.78, 5) is 13.8. The summed E-state index contributed by atoms with van der Waals surface area (Å²) in [6.07, 6.45) is 0.245. The van der Waals surface area contributed by atoms with Crippen LogP contribution in [0.15, 0.2) is 0 Å². The van der Waals surface area contributed by atoms with Crippen molar-refractivity contribution >= 4 is 15.7 Å². The van der Waals surface area contributed by atoms with Crippen LogP contribution in [0.25, 0.3) is 0 Å². The Morgan fingerprint density at radius 1 is 1.50 bits per heavy atom. The Labute approximate surface area is 108 Å². The van der Waals surface area contributed by atoms with Crippen molar-refractivity contribution in [1.82, 2.24) is 10.2 Å². The standard InChI is InChI=1S/C11H20N2O4S/c1-9-8-18(15,16)5-3-13(9)11(14)6-10-7-12-2-4-17-10/h9-10,12H,2-8H2,1H3. The van der Waals surface area contributed by atoms with Crippen molar-refractivity contribution in [2.24, 2.45) is 0 Å². The minimum atomic E-state index is -2.97. The Morgan fingerprint density at radius 3 is 2.89 bits per heavy atom. The molecule has 2 aliphatic rings. The SMILES string of the molecule is CC1CS(=O)(=O)CCN1C(=O)CC1CNCCO1. The van der Waals surface area contributed by atoms with Gasteiger partial charge in [-0.1, -0.05) is 0 Å². The zero-order chi connectivity index (χ0) is 13.2. The van der Waals surface area contributed by atoms with Crippen LogP contribution in [-0.4, -0.2) is 69.1 Å². The number of carbonyl (C=O) groups is 1. The van der Waals surface area contributed by atoms with Gasteiger partial charge in [0.15, 0.2) is 9.84 Å². The molecule has 7 heteroatoms. The van der Waals surface area contributed by atoms with Gasteiger partial charge >= 0.3 is 0 Å². The monoisotopic (exact) mass is 276 g/mol. The van der Waals surface area contributed by atoms with Gasteiger partial charge in [0.25, 0.3) is 0 Å². The van der Waals surface area contributed by atoms with Gasteiger partial charge in [0.05, 0.1) is 30.6 Å². The molecule has 0 aromatic heterocycles. The third kappa shape index (κ3) is 3.43. The second kappa shape index (κ2) is 5.54. The lowest BCUT2D eigenvalue weighted by Gasteiger charge is -2.34. The number of hydrogen-bond donors (Lipinski definition) is 1. The number of hydrogen-bond acceptors (Lipinski definition) is 5. The first-order chi connectivity index (χ1) is 8.48. The molecule has 2 unspecified atom stereocenters. The predicted octanol–water partition coefficient (Wildman–Crippen LogP) is -0.990. The first-order valence-electron chi connectivity index (χ1n) is 6.30. The molecule has 2 fully saturated rings. The predicted molar refractivity (Wildman–Crippen MR) is 67.1 cm³/mol. The first-order valence-corrected chi connectivity index (χ1v) is 8.12. The second-order valence-electron chi connectivity index (χ2n) is 4.95. The number of amides is 1. The van der Waals surface area contributed by atoms with Crippen LogP contribution in [0.1, 0.15) is 13.3 Å². The van der Waals surface area contributed by atoms with E-state index in [4.69, 9.17) is 4.74 Å². The van der Waals surface area contributed by atoms with Gasteiger partial charge in [-0.25, -0.2) is 8.42 Å². The van der Waals surface area contributed by atoms with Crippen molar-refractivity contribution < 1.29 is 17.9 Å². The van der Waals surface area contributed by atoms with Crippen LogP contribution in [0.3, 0.4) is 0 Å². The van der Waals surface area contributed by atoms with Crippen LogP contribution in [-0.2, 0) is 19.4 Å². The number of sulfone groups is 1. The maximum absolute atomic E-state index is 12.1. The van der Waals surface area contributed by atoms with Crippen LogP contribution in [0.2, 0.25) is 0 Å². The average molecular weight is 276 g/mol. The van der Waals surface area contributed by atoms with Crippen molar-refractivity contribution in [3.8, 4) is 0 Å². The first kappa shape index (κ1) is 13.8. The molecule has 0 aromatic rings. The summed E-state index contributed by atoms with van der Waals surface area (Å²) in [6.45, 7) is 4.23. The number of nitrogens with one attached hydrogen (secondary N) is 1. The minimum absolute atomic E-state index is 0.00824. The van der Waals surface area contributed by atoms with E-state index in [0.717, 1.165) is 6.54 Å². The number of ether oxygens (including phenoxy) is 1. The van der Waals surface area contributed by atoms with Gasteiger partial charge in [0.2, 0.25) is 5.91 Å². The zero-order valence-corrected chi connectivity index (χ0v) is 11.4. The molecule has 0 saturated carbocycles. The van der Waals surface area contributed by atoms with E-state index in [9.17, 15) is 13.2 Å². The van der Waals surface area contributed by atoms with E-state index < -0.39 is 9.84 Å². The largest absolute Gasteiger partial charge is 0.375 e. The Bertz CT molecular complexity index is 403. The molecule has 2 aliphatic heterocycles. The minimum Gasteiger partial charge on any atom is -0.375 e. The number of carbonyl (C=O) groups excluding carboxylic acids is 1. The lowest BCUT2D eigenvalue weighted by atomic mass is 10.2. The normalized spacial score (nSPS) is 32.2. The average Bonchev–Trinajstić information content (AvgIpc) is 2.28. The van der Waals surface area contributed by atoms with Gasteiger partial charge in [-0.15, -0.1) is 0 Å². The van der Waals surface area contributed by atoms with Gasteiger partial charge in [0, 0.05) is 25.7 Å². The van der Waals surface area contributed by atoms with Crippen LogP contribution < -0.4 is 5.32 Å². The van der Waals surface area contributed by atoms with E-state index in [1.165, 1.54) is 0 Å². The van der Waals surface area contributed by atoms with Crippen molar-refractivity contribution in [2.45, 2.75) is 25.5 Å². The van der Waals surface area contributed by atoms with Crippen molar-refractivity contribution in [3.63, 3.8) is 0 Å². The van der Waals surface area contributed by atoms with Gasteiger partial charge < -0.3 is 15.0 Å². The van der Waals surface area contributed by atoms with Crippen molar-refractivity contribution in [2.75, 3.05) is 37.7 Å². The van der Waals surface area contributed by atoms with Gasteiger partial charge in [0.1, 0.15) is 0 Å². The van der Waals surface area contributed by atoms with Crippen LogP contribution in [0, 0.1) is 0 Å². The number of morpholine rings is 1. The molecule has 6 nitrogen and oxygen atoms in total. The molecule has 0 aromatic carbocycles. The Balaban J connectivity index is 1.89. The lowest BCUT2D eigenvalue weighted by Crippen LogP contribution is -2.51. The fourth-order valence-electron chi connectivity index (χ4n) is 2.43. The Morgan fingerprint density at radius 2 is 2.28 bits per heavy atom. The van der Waals surface area contributed by atoms with Crippen LogP contribution >= 0.6 is 0 Å². The molecular formula is C11H20N2O4S. The van der Waals surface area contributed by atoms with Crippen LogP contribution in [0.5, 0.6) is 0 Å². The Hall–Kier alpha value is -0.660. The van der Waals surface area contributed by atoms with Gasteiger partial charge in [-0.3, -0.25) is 4.79 Å².